The Kier molecular flexibility index (Phi) is 3.23. The molecular formula is C11H18N2O2. The van der Waals surface area contributed by atoms with Crippen molar-refractivity contribution >= 4 is 6.09 Å². The monoisotopic (exact) mass is 210 g/mol. The van der Waals surface area contributed by atoms with Crippen LogP contribution >= 0.6 is 0 Å². The summed E-state index contributed by atoms with van der Waals surface area (Å²) in [5, 5.41) is 8.90. The molecule has 0 bridgehead atoms. The van der Waals surface area contributed by atoms with Crippen LogP contribution in [0.15, 0.2) is 0 Å². The molecule has 1 aliphatic heterocycles. The van der Waals surface area contributed by atoms with Crippen LogP contribution in [0, 0.1) is 17.2 Å². The van der Waals surface area contributed by atoms with Gasteiger partial charge in [0.05, 0.1) is 6.07 Å². The lowest BCUT2D eigenvalue weighted by atomic mass is 10.1. The van der Waals surface area contributed by atoms with Crippen LogP contribution in [0.4, 0.5) is 4.79 Å². The first-order valence-corrected chi connectivity index (χ1v) is 5.22. The van der Waals surface area contributed by atoms with Gasteiger partial charge < -0.3 is 4.74 Å². The van der Waals surface area contributed by atoms with E-state index in [0.29, 0.717) is 12.5 Å². The van der Waals surface area contributed by atoms with Crippen molar-refractivity contribution in [2.24, 2.45) is 5.92 Å². The highest BCUT2D eigenvalue weighted by Gasteiger charge is 2.35. The summed E-state index contributed by atoms with van der Waals surface area (Å²) in [7, 11) is 0. The van der Waals surface area contributed by atoms with E-state index in [2.05, 4.69) is 6.07 Å². The highest BCUT2D eigenvalue weighted by molar-refractivity contribution is 5.69. The molecule has 0 radical (unpaired) electrons. The zero-order chi connectivity index (χ0) is 11.6. The molecule has 15 heavy (non-hydrogen) atoms. The molecule has 1 amide bonds. The second kappa shape index (κ2) is 4.09. The number of amides is 1. The number of ether oxygens (including phenoxy) is 1. The lowest BCUT2D eigenvalue weighted by Gasteiger charge is -2.25. The van der Waals surface area contributed by atoms with Crippen LogP contribution in [0.5, 0.6) is 0 Å². The van der Waals surface area contributed by atoms with E-state index in [9.17, 15) is 4.79 Å². The topological polar surface area (TPSA) is 53.3 Å². The SMILES string of the molecule is CC1C[C@@H](C#N)N(C(=O)OC(C)(C)C)C1. The molecule has 1 saturated heterocycles. The Hall–Kier alpha value is -1.24. The maximum Gasteiger partial charge on any atom is 0.411 e. The summed E-state index contributed by atoms with van der Waals surface area (Å²) in [6.45, 7) is 8.13. The van der Waals surface area contributed by atoms with Crippen LogP contribution in [0.25, 0.3) is 0 Å². The molecule has 1 aliphatic rings. The number of carbonyl (C=O) groups excluding carboxylic acids is 1. The second-order valence-electron chi connectivity index (χ2n) is 5.12. The predicted octanol–water partition coefficient (Wildman–Crippen LogP) is 2.16. The first-order valence-electron chi connectivity index (χ1n) is 5.22. The summed E-state index contributed by atoms with van der Waals surface area (Å²) in [5.41, 5.74) is -0.497. The van der Waals surface area contributed by atoms with Crippen LogP contribution in [0.3, 0.4) is 0 Å². The Morgan fingerprint density at radius 1 is 1.53 bits per heavy atom. The standard InChI is InChI=1S/C11H18N2O2/c1-8-5-9(6-12)13(7-8)10(14)15-11(2,3)4/h8-9H,5,7H2,1-4H3/t8?,9-/m0/s1. The summed E-state index contributed by atoms with van der Waals surface area (Å²) in [6.07, 6.45) is 0.369. The number of hydrogen-bond acceptors (Lipinski definition) is 3. The molecule has 0 aliphatic carbocycles. The van der Waals surface area contributed by atoms with E-state index in [4.69, 9.17) is 10.00 Å². The highest BCUT2D eigenvalue weighted by Crippen LogP contribution is 2.24. The van der Waals surface area contributed by atoms with Gasteiger partial charge in [-0.05, 0) is 33.1 Å². The van der Waals surface area contributed by atoms with Gasteiger partial charge in [0.25, 0.3) is 0 Å². The number of nitrogens with zero attached hydrogens (tertiary/aromatic N) is 2. The van der Waals surface area contributed by atoms with Crippen molar-refractivity contribution in [1.29, 1.82) is 5.26 Å². The van der Waals surface area contributed by atoms with Gasteiger partial charge in [0.2, 0.25) is 0 Å². The molecule has 0 aromatic rings. The average molecular weight is 210 g/mol. The van der Waals surface area contributed by atoms with Crippen LogP contribution < -0.4 is 0 Å². The fourth-order valence-electron chi connectivity index (χ4n) is 1.69. The third kappa shape index (κ3) is 3.12. The summed E-state index contributed by atoms with van der Waals surface area (Å²) >= 11 is 0. The van der Waals surface area contributed by atoms with E-state index in [1.807, 2.05) is 27.7 Å². The third-order valence-corrected chi connectivity index (χ3v) is 2.29. The van der Waals surface area contributed by atoms with E-state index in [1.54, 1.807) is 0 Å². The van der Waals surface area contributed by atoms with Crippen LogP contribution in [-0.4, -0.2) is 29.2 Å². The van der Waals surface area contributed by atoms with E-state index < -0.39 is 5.60 Å². The van der Waals surface area contributed by atoms with Crippen LogP contribution in [0.1, 0.15) is 34.1 Å². The van der Waals surface area contributed by atoms with Crippen molar-refractivity contribution in [3.05, 3.63) is 0 Å². The van der Waals surface area contributed by atoms with Gasteiger partial charge in [-0.2, -0.15) is 5.26 Å². The van der Waals surface area contributed by atoms with Gasteiger partial charge in [0.1, 0.15) is 11.6 Å². The first kappa shape index (κ1) is 11.8. The first-order chi connectivity index (χ1) is 6.83. The van der Waals surface area contributed by atoms with Gasteiger partial charge in [-0.3, -0.25) is 4.90 Å². The summed E-state index contributed by atoms with van der Waals surface area (Å²) in [5.74, 6) is 0.377. The van der Waals surface area contributed by atoms with Gasteiger partial charge in [0.15, 0.2) is 0 Å². The van der Waals surface area contributed by atoms with Crippen molar-refractivity contribution in [3.8, 4) is 6.07 Å². The van der Waals surface area contributed by atoms with Gasteiger partial charge in [-0.25, -0.2) is 4.79 Å². The Balaban J connectivity index is 2.64. The molecule has 4 heteroatoms. The maximum absolute atomic E-state index is 11.7. The van der Waals surface area contributed by atoms with E-state index in [-0.39, 0.29) is 12.1 Å². The highest BCUT2D eigenvalue weighted by atomic mass is 16.6. The molecule has 1 rings (SSSR count). The van der Waals surface area contributed by atoms with Gasteiger partial charge >= 0.3 is 6.09 Å². The molecule has 1 fully saturated rings. The normalized spacial score (nSPS) is 26.2. The molecule has 84 valence electrons. The molecule has 0 aromatic carbocycles. The summed E-state index contributed by atoms with van der Waals surface area (Å²) in [4.78, 5) is 13.3. The fraction of sp³-hybridized carbons (Fsp3) is 0.818. The zero-order valence-corrected chi connectivity index (χ0v) is 9.78. The lowest BCUT2D eigenvalue weighted by Crippen LogP contribution is -2.39. The number of hydrogen-bond donors (Lipinski definition) is 0. The quantitative estimate of drug-likeness (QED) is 0.615. The van der Waals surface area contributed by atoms with Crippen molar-refractivity contribution < 1.29 is 9.53 Å². The van der Waals surface area contributed by atoms with Crippen molar-refractivity contribution in [1.82, 2.24) is 4.90 Å². The molecule has 4 nitrogen and oxygen atoms in total. The molecule has 0 aromatic heterocycles. The smallest absolute Gasteiger partial charge is 0.411 e. The van der Waals surface area contributed by atoms with Crippen molar-refractivity contribution in [2.75, 3.05) is 6.54 Å². The number of carbonyl (C=O) groups is 1. The van der Waals surface area contributed by atoms with Crippen molar-refractivity contribution in [3.63, 3.8) is 0 Å². The Morgan fingerprint density at radius 3 is 2.60 bits per heavy atom. The Bertz CT molecular complexity index is 288. The molecule has 0 N–H and O–H groups in total. The molecule has 2 atom stereocenters. The summed E-state index contributed by atoms with van der Waals surface area (Å²) in [6, 6.07) is 1.81. The fourth-order valence-corrected chi connectivity index (χ4v) is 1.69. The second-order valence-corrected chi connectivity index (χ2v) is 5.12. The maximum atomic E-state index is 11.7. The largest absolute Gasteiger partial charge is 0.444 e. The minimum absolute atomic E-state index is 0.324. The summed E-state index contributed by atoms with van der Waals surface area (Å²) < 4.78 is 5.24. The number of likely N-dealkylation sites (tertiary alicyclic amines) is 1. The minimum Gasteiger partial charge on any atom is -0.444 e. The molecular weight excluding hydrogens is 192 g/mol. The van der Waals surface area contributed by atoms with Crippen molar-refractivity contribution in [2.45, 2.75) is 45.8 Å². The van der Waals surface area contributed by atoms with Crippen LogP contribution in [0.2, 0.25) is 0 Å². The van der Waals surface area contributed by atoms with E-state index >= 15 is 0 Å². The molecule has 1 unspecified atom stereocenters. The molecule has 0 saturated carbocycles. The Labute approximate surface area is 90.8 Å². The minimum atomic E-state index is -0.497. The van der Waals surface area contributed by atoms with E-state index in [1.165, 1.54) is 4.90 Å². The third-order valence-electron chi connectivity index (χ3n) is 2.29. The lowest BCUT2D eigenvalue weighted by molar-refractivity contribution is 0.0255. The average Bonchev–Trinajstić information content (AvgIpc) is 2.43. The van der Waals surface area contributed by atoms with Gasteiger partial charge in [0, 0.05) is 6.54 Å². The Morgan fingerprint density at radius 2 is 2.13 bits per heavy atom. The van der Waals surface area contributed by atoms with E-state index in [0.717, 1.165) is 6.42 Å². The predicted molar refractivity (Wildman–Crippen MR) is 56.1 cm³/mol. The van der Waals surface area contributed by atoms with Gasteiger partial charge in [-0.15, -0.1) is 0 Å². The zero-order valence-electron chi connectivity index (χ0n) is 9.78. The number of rotatable bonds is 0. The van der Waals surface area contributed by atoms with Crippen LogP contribution in [-0.2, 0) is 4.74 Å². The molecule has 0 spiro atoms. The number of nitriles is 1. The van der Waals surface area contributed by atoms with Gasteiger partial charge in [-0.1, -0.05) is 6.92 Å². The molecule has 1 heterocycles.